The first-order chi connectivity index (χ1) is 9.84. The smallest absolute Gasteiger partial charge is 0.416 e. The molecule has 0 aromatic heterocycles. The van der Waals surface area contributed by atoms with Crippen molar-refractivity contribution in [1.29, 1.82) is 0 Å². The summed E-state index contributed by atoms with van der Waals surface area (Å²) in [6.45, 7) is 5.75. The lowest BCUT2D eigenvalue weighted by atomic mass is 10.1. The van der Waals surface area contributed by atoms with Crippen LogP contribution < -0.4 is 0 Å². The molecule has 0 radical (unpaired) electrons. The van der Waals surface area contributed by atoms with Crippen LogP contribution in [-0.4, -0.2) is 5.97 Å². The first-order valence-electron chi connectivity index (χ1n) is 6.91. The second kappa shape index (κ2) is 7.86. The fraction of sp³-hybridized carbons (Fsp3) is 0.438. The minimum atomic E-state index is -4.41. The van der Waals surface area contributed by atoms with Crippen molar-refractivity contribution in [3.05, 3.63) is 47.7 Å². The average Bonchev–Trinajstić information content (AvgIpc) is 2.43. The van der Waals surface area contributed by atoms with E-state index in [9.17, 15) is 18.0 Å². The molecule has 0 atom stereocenters. The van der Waals surface area contributed by atoms with E-state index < -0.39 is 17.7 Å². The Morgan fingerprint density at radius 1 is 1.14 bits per heavy atom. The quantitative estimate of drug-likeness (QED) is 0.385. The number of allylic oxidation sites excluding steroid dienone is 1. The number of unbranched alkanes of at least 4 members (excludes halogenated alkanes) is 3. The molecular weight excluding hydrogens is 281 g/mol. The highest BCUT2D eigenvalue weighted by atomic mass is 19.4. The highest BCUT2D eigenvalue weighted by Gasteiger charge is 2.30. The third-order valence-electron chi connectivity index (χ3n) is 2.99. The molecule has 5 heteroatoms. The predicted octanol–water partition coefficient (Wildman–Crippen LogP) is 5.35. The van der Waals surface area contributed by atoms with Gasteiger partial charge in [0.1, 0.15) is 5.76 Å². The van der Waals surface area contributed by atoms with Crippen LogP contribution in [0.25, 0.3) is 0 Å². The van der Waals surface area contributed by atoms with Crippen molar-refractivity contribution in [2.24, 2.45) is 0 Å². The highest BCUT2D eigenvalue weighted by molar-refractivity contribution is 5.90. The Morgan fingerprint density at radius 3 is 2.29 bits per heavy atom. The summed E-state index contributed by atoms with van der Waals surface area (Å²) in [7, 11) is 0. The van der Waals surface area contributed by atoms with Crippen LogP contribution in [-0.2, 0) is 10.9 Å². The van der Waals surface area contributed by atoms with Gasteiger partial charge in [-0.05, 0) is 30.7 Å². The molecule has 0 aliphatic heterocycles. The molecule has 0 aliphatic carbocycles. The van der Waals surface area contributed by atoms with Gasteiger partial charge in [0.2, 0.25) is 0 Å². The minimum absolute atomic E-state index is 0.0812. The molecule has 1 aromatic rings. The van der Waals surface area contributed by atoms with Crippen LogP contribution in [0.1, 0.15) is 54.9 Å². The van der Waals surface area contributed by atoms with Crippen molar-refractivity contribution >= 4 is 5.97 Å². The molecular formula is C16H19F3O2. The number of benzene rings is 1. The SMILES string of the molecule is C=C(CCCCCC)OC(=O)c1ccc(C(F)(F)F)cc1. The Bertz CT molecular complexity index is 475. The summed E-state index contributed by atoms with van der Waals surface area (Å²) in [6, 6.07) is 3.94. The number of halogens is 3. The second-order valence-corrected chi connectivity index (χ2v) is 4.81. The molecule has 1 aromatic carbocycles. The number of rotatable bonds is 7. The van der Waals surface area contributed by atoms with Crippen molar-refractivity contribution in [3.8, 4) is 0 Å². The minimum Gasteiger partial charge on any atom is -0.428 e. The maximum atomic E-state index is 12.4. The van der Waals surface area contributed by atoms with E-state index in [1.807, 2.05) is 0 Å². The van der Waals surface area contributed by atoms with E-state index in [1.54, 1.807) is 0 Å². The van der Waals surface area contributed by atoms with Crippen LogP contribution in [0.3, 0.4) is 0 Å². The zero-order valence-electron chi connectivity index (χ0n) is 12.0. The molecule has 0 amide bonds. The summed E-state index contributed by atoms with van der Waals surface area (Å²) in [5.74, 6) is -0.333. The van der Waals surface area contributed by atoms with Crippen LogP contribution in [0.2, 0.25) is 0 Å². The fourth-order valence-corrected chi connectivity index (χ4v) is 1.79. The van der Waals surface area contributed by atoms with Gasteiger partial charge in [-0.3, -0.25) is 0 Å². The maximum Gasteiger partial charge on any atom is 0.416 e. The highest BCUT2D eigenvalue weighted by Crippen LogP contribution is 2.29. The topological polar surface area (TPSA) is 26.3 Å². The van der Waals surface area contributed by atoms with Crippen LogP contribution in [0.5, 0.6) is 0 Å². The summed E-state index contributed by atoms with van der Waals surface area (Å²) < 4.78 is 42.2. The van der Waals surface area contributed by atoms with Gasteiger partial charge in [-0.25, -0.2) is 4.79 Å². The molecule has 0 saturated heterocycles. The number of ether oxygens (including phenoxy) is 1. The number of carbonyl (C=O) groups excluding carboxylic acids is 1. The van der Waals surface area contributed by atoms with Gasteiger partial charge in [0.05, 0.1) is 11.1 Å². The standard InChI is InChI=1S/C16H19F3O2/c1-3-4-5-6-7-12(2)21-15(20)13-8-10-14(11-9-13)16(17,18)19/h8-11H,2-7H2,1H3. The van der Waals surface area contributed by atoms with E-state index in [4.69, 9.17) is 4.74 Å². The summed E-state index contributed by atoms with van der Waals surface area (Å²) in [4.78, 5) is 11.7. The van der Waals surface area contributed by atoms with Crippen LogP contribution in [0.15, 0.2) is 36.6 Å². The largest absolute Gasteiger partial charge is 0.428 e. The number of esters is 1. The van der Waals surface area contributed by atoms with Gasteiger partial charge in [0.15, 0.2) is 0 Å². The van der Waals surface area contributed by atoms with Crippen molar-refractivity contribution in [2.75, 3.05) is 0 Å². The maximum absolute atomic E-state index is 12.4. The molecule has 1 rings (SSSR count). The van der Waals surface area contributed by atoms with Crippen LogP contribution >= 0.6 is 0 Å². The first kappa shape index (κ1) is 17.3. The van der Waals surface area contributed by atoms with E-state index in [2.05, 4.69) is 13.5 Å². The summed E-state index contributed by atoms with van der Waals surface area (Å²) in [6.07, 6.45) is 0.302. The van der Waals surface area contributed by atoms with Gasteiger partial charge in [0.25, 0.3) is 0 Å². The van der Waals surface area contributed by atoms with E-state index in [0.29, 0.717) is 12.2 Å². The second-order valence-electron chi connectivity index (χ2n) is 4.81. The first-order valence-corrected chi connectivity index (χ1v) is 6.91. The number of carbonyl (C=O) groups is 1. The molecule has 0 saturated carbocycles. The van der Waals surface area contributed by atoms with E-state index >= 15 is 0 Å². The van der Waals surface area contributed by atoms with E-state index in [0.717, 1.165) is 49.9 Å². The number of hydrogen-bond donors (Lipinski definition) is 0. The Kier molecular flexibility index (Phi) is 6.46. The van der Waals surface area contributed by atoms with Gasteiger partial charge >= 0.3 is 12.1 Å². The third kappa shape index (κ3) is 6.02. The lowest BCUT2D eigenvalue weighted by Crippen LogP contribution is -2.08. The summed E-state index contributed by atoms with van der Waals surface area (Å²) in [5.41, 5.74) is -0.713. The summed E-state index contributed by atoms with van der Waals surface area (Å²) in [5, 5.41) is 0. The Morgan fingerprint density at radius 2 is 1.76 bits per heavy atom. The molecule has 0 unspecified atom stereocenters. The summed E-state index contributed by atoms with van der Waals surface area (Å²) >= 11 is 0. The Balaban J connectivity index is 2.50. The van der Waals surface area contributed by atoms with Crippen LogP contribution in [0.4, 0.5) is 13.2 Å². The lowest BCUT2D eigenvalue weighted by molar-refractivity contribution is -0.137. The van der Waals surface area contributed by atoms with E-state index in [-0.39, 0.29) is 5.56 Å². The van der Waals surface area contributed by atoms with Crippen LogP contribution in [0, 0.1) is 0 Å². The molecule has 0 heterocycles. The predicted molar refractivity (Wildman–Crippen MR) is 74.8 cm³/mol. The van der Waals surface area contributed by atoms with Gasteiger partial charge in [-0.2, -0.15) is 13.2 Å². The zero-order valence-corrected chi connectivity index (χ0v) is 12.0. The molecule has 0 aliphatic rings. The van der Waals surface area contributed by atoms with Crippen molar-refractivity contribution < 1.29 is 22.7 Å². The molecule has 0 spiro atoms. The van der Waals surface area contributed by atoms with Gasteiger partial charge < -0.3 is 4.74 Å². The molecule has 2 nitrogen and oxygen atoms in total. The van der Waals surface area contributed by atoms with Crippen molar-refractivity contribution in [3.63, 3.8) is 0 Å². The van der Waals surface area contributed by atoms with Crippen molar-refractivity contribution in [1.82, 2.24) is 0 Å². The fourth-order valence-electron chi connectivity index (χ4n) is 1.79. The van der Waals surface area contributed by atoms with Crippen molar-refractivity contribution in [2.45, 2.75) is 45.2 Å². The van der Waals surface area contributed by atoms with Gasteiger partial charge in [-0.15, -0.1) is 0 Å². The molecule has 0 N–H and O–H groups in total. The molecule has 21 heavy (non-hydrogen) atoms. The Labute approximate surface area is 122 Å². The van der Waals surface area contributed by atoms with Gasteiger partial charge in [-0.1, -0.05) is 32.8 Å². The number of hydrogen-bond acceptors (Lipinski definition) is 2. The normalized spacial score (nSPS) is 11.2. The molecule has 0 fully saturated rings. The van der Waals surface area contributed by atoms with Gasteiger partial charge in [0, 0.05) is 6.42 Å². The lowest BCUT2D eigenvalue weighted by Gasteiger charge is -2.09. The zero-order chi connectivity index (χ0) is 15.9. The molecule has 116 valence electrons. The monoisotopic (exact) mass is 300 g/mol. The average molecular weight is 300 g/mol. The Hall–Kier alpha value is -1.78. The molecule has 0 bridgehead atoms. The van der Waals surface area contributed by atoms with E-state index in [1.165, 1.54) is 0 Å². The number of alkyl halides is 3. The third-order valence-corrected chi connectivity index (χ3v) is 2.99.